The maximum atomic E-state index is 11.1. The van der Waals surface area contributed by atoms with Crippen molar-refractivity contribution in [1.29, 1.82) is 0 Å². The number of nitrogens with one attached hydrogen (secondary N) is 1. The number of carbonyl (C=O) groups excluding carboxylic acids is 1. The summed E-state index contributed by atoms with van der Waals surface area (Å²) in [6.07, 6.45) is 1.83. The number of rotatable bonds is 6. The zero-order valence-corrected chi connectivity index (χ0v) is 9.64. The average Bonchev–Trinajstić information content (AvgIpc) is 2.73. The molecule has 1 aromatic heterocycles. The highest BCUT2D eigenvalue weighted by molar-refractivity contribution is 5.69. The van der Waals surface area contributed by atoms with E-state index in [0.29, 0.717) is 6.54 Å². The molecule has 1 atom stereocenters. The molecule has 0 fully saturated rings. The normalized spacial score (nSPS) is 12.4. The lowest BCUT2D eigenvalue weighted by atomic mass is 10.3. The maximum Gasteiger partial charge on any atom is 0.325 e. The zero-order valence-electron chi connectivity index (χ0n) is 9.64. The highest BCUT2D eigenvalue weighted by Crippen LogP contribution is 2.03. The summed E-state index contributed by atoms with van der Waals surface area (Å²) in [6, 6.07) is 3.85. The minimum absolute atomic E-state index is 0.0430. The first-order valence-corrected chi connectivity index (χ1v) is 5.22. The summed E-state index contributed by atoms with van der Waals surface area (Å²) < 4.78 is 6.43. The number of methoxy groups -OCH3 is 1. The van der Waals surface area contributed by atoms with Crippen molar-refractivity contribution in [2.24, 2.45) is 0 Å². The minimum atomic E-state index is -0.271. The third-order valence-electron chi connectivity index (χ3n) is 2.36. The van der Waals surface area contributed by atoms with Crippen LogP contribution in [0.25, 0.3) is 0 Å². The fourth-order valence-electron chi connectivity index (χ4n) is 1.31. The second kappa shape index (κ2) is 6.30. The van der Waals surface area contributed by atoms with Gasteiger partial charge < -0.3 is 19.7 Å². The molecule has 5 heteroatoms. The standard InChI is InChI=1S/C11H18N2O3/c1-9(8-14)12-6-10-4-3-5-13(10)7-11(15)16-2/h3-5,9,12,14H,6-8H2,1-2H3. The first-order chi connectivity index (χ1) is 7.67. The van der Waals surface area contributed by atoms with Gasteiger partial charge >= 0.3 is 5.97 Å². The number of aromatic nitrogens is 1. The van der Waals surface area contributed by atoms with Crippen LogP contribution in [0.1, 0.15) is 12.6 Å². The highest BCUT2D eigenvalue weighted by atomic mass is 16.5. The van der Waals surface area contributed by atoms with Gasteiger partial charge in [-0.1, -0.05) is 0 Å². The van der Waals surface area contributed by atoms with Crippen LogP contribution in [0.2, 0.25) is 0 Å². The lowest BCUT2D eigenvalue weighted by Gasteiger charge is -2.12. The summed E-state index contributed by atoms with van der Waals surface area (Å²) in [5.74, 6) is -0.271. The lowest BCUT2D eigenvalue weighted by Crippen LogP contribution is -2.29. The smallest absolute Gasteiger partial charge is 0.325 e. The molecule has 5 nitrogen and oxygen atoms in total. The Bertz CT molecular complexity index is 336. The van der Waals surface area contributed by atoms with E-state index in [0.717, 1.165) is 5.69 Å². The van der Waals surface area contributed by atoms with Gasteiger partial charge in [0.25, 0.3) is 0 Å². The Morgan fingerprint density at radius 3 is 3.06 bits per heavy atom. The molecule has 2 N–H and O–H groups in total. The van der Waals surface area contributed by atoms with Crippen LogP contribution in [0.3, 0.4) is 0 Å². The molecule has 0 saturated carbocycles. The molecule has 0 aromatic carbocycles. The van der Waals surface area contributed by atoms with Gasteiger partial charge in [-0.3, -0.25) is 4.79 Å². The van der Waals surface area contributed by atoms with E-state index in [4.69, 9.17) is 5.11 Å². The SMILES string of the molecule is COC(=O)Cn1cccc1CNC(C)CO. The third-order valence-corrected chi connectivity index (χ3v) is 2.36. The number of hydrogen-bond donors (Lipinski definition) is 2. The average molecular weight is 226 g/mol. The Balaban J connectivity index is 2.53. The van der Waals surface area contributed by atoms with Crippen LogP contribution in [0.5, 0.6) is 0 Å². The molecule has 0 aliphatic rings. The molecule has 90 valence electrons. The molecule has 0 bridgehead atoms. The fourth-order valence-corrected chi connectivity index (χ4v) is 1.31. The van der Waals surface area contributed by atoms with Gasteiger partial charge in [-0.15, -0.1) is 0 Å². The van der Waals surface area contributed by atoms with Crippen LogP contribution in [0.15, 0.2) is 18.3 Å². The van der Waals surface area contributed by atoms with Crippen LogP contribution in [-0.2, 0) is 22.6 Å². The van der Waals surface area contributed by atoms with Crippen LogP contribution >= 0.6 is 0 Å². The van der Waals surface area contributed by atoms with Crippen molar-refractivity contribution in [3.63, 3.8) is 0 Å². The Kier molecular flexibility index (Phi) is 5.01. The molecule has 0 aliphatic carbocycles. The zero-order chi connectivity index (χ0) is 12.0. The Labute approximate surface area is 95.0 Å². The first kappa shape index (κ1) is 12.7. The molecular weight excluding hydrogens is 208 g/mol. The van der Waals surface area contributed by atoms with Gasteiger partial charge in [0, 0.05) is 24.5 Å². The Morgan fingerprint density at radius 1 is 1.69 bits per heavy atom. The van der Waals surface area contributed by atoms with Crippen molar-refractivity contribution in [2.45, 2.75) is 26.1 Å². The van der Waals surface area contributed by atoms with Gasteiger partial charge in [0.1, 0.15) is 6.54 Å². The molecule has 1 rings (SSSR count). The molecule has 1 heterocycles. The highest BCUT2D eigenvalue weighted by Gasteiger charge is 2.07. The predicted octanol–water partition coefficient (Wildman–Crippen LogP) is 0.132. The van der Waals surface area contributed by atoms with Crippen molar-refractivity contribution in [1.82, 2.24) is 9.88 Å². The quantitative estimate of drug-likeness (QED) is 0.677. The van der Waals surface area contributed by atoms with Gasteiger partial charge in [0.05, 0.1) is 13.7 Å². The largest absolute Gasteiger partial charge is 0.468 e. The fraction of sp³-hybridized carbons (Fsp3) is 0.545. The number of esters is 1. The van der Waals surface area contributed by atoms with Gasteiger partial charge in [-0.2, -0.15) is 0 Å². The summed E-state index contributed by atoms with van der Waals surface area (Å²) in [7, 11) is 1.37. The van der Waals surface area contributed by atoms with Crippen LogP contribution < -0.4 is 5.32 Å². The number of nitrogens with zero attached hydrogens (tertiary/aromatic N) is 1. The Hall–Kier alpha value is -1.33. The molecule has 0 spiro atoms. The van der Waals surface area contributed by atoms with Gasteiger partial charge in [-0.05, 0) is 19.1 Å². The van der Waals surface area contributed by atoms with E-state index in [-0.39, 0.29) is 25.2 Å². The summed E-state index contributed by atoms with van der Waals surface area (Å²) in [5, 5.41) is 12.0. The van der Waals surface area contributed by atoms with Gasteiger partial charge in [0.15, 0.2) is 0 Å². The summed E-state index contributed by atoms with van der Waals surface area (Å²) in [4.78, 5) is 11.1. The second-order valence-electron chi connectivity index (χ2n) is 3.67. The van der Waals surface area contributed by atoms with E-state index < -0.39 is 0 Å². The summed E-state index contributed by atoms with van der Waals surface area (Å²) >= 11 is 0. The summed E-state index contributed by atoms with van der Waals surface area (Å²) in [5.41, 5.74) is 0.991. The predicted molar refractivity (Wildman–Crippen MR) is 59.8 cm³/mol. The van der Waals surface area contributed by atoms with Crippen molar-refractivity contribution in [3.05, 3.63) is 24.0 Å². The van der Waals surface area contributed by atoms with Crippen molar-refractivity contribution >= 4 is 5.97 Å². The number of aliphatic hydroxyl groups excluding tert-OH is 1. The molecule has 1 aromatic rings. The van der Waals surface area contributed by atoms with E-state index in [1.165, 1.54) is 7.11 Å². The topological polar surface area (TPSA) is 63.5 Å². The van der Waals surface area contributed by atoms with E-state index in [9.17, 15) is 4.79 Å². The molecule has 16 heavy (non-hydrogen) atoms. The number of carbonyl (C=O) groups is 1. The van der Waals surface area contributed by atoms with Gasteiger partial charge in [0.2, 0.25) is 0 Å². The molecule has 0 aliphatic heterocycles. The molecule has 1 unspecified atom stereocenters. The minimum Gasteiger partial charge on any atom is -0.468 e. The van der Waals surface area contributed by atoms with Crippen molar-refractivity contribution < 1.29 is 14.6 Å². The van der Waals surface area contributed by atoms with Crippen molar-refractivity contribution in [3.8, 4) is 0 Å². The van der Waals surface area contributed by atoms with Crippen LogP contribution in [-0.4, -0.2) is 35.4 Å². The number of ether oxygens (including phenoxy) is 1. The molecular formula is C11H18N2O3. The maximum absolute atomic E-state index is 11.1. The van der Waals surface area contributed by atoms with Gasteiger partial charge in [-0.25, -0.2) is 0 Å². The van der Waals surface area contributed by atoms with E-state index in [2.05, 4.69) is 10.1 Å². The van der Waals surface area contributed by atoms with E-state index in [1.807, 2.05) is 29.8 Å². The Morgan fingerprint density at radius 2 is 2.44 bits per heavy atom. The third kappa shape index (κ3) is 3.67. The first-order valence-electron chi connectivity index (χ1n) is 5.22. The molecule has 0 radical (unpaired) electrons. The van der Waals surface area contributed by atoms with Crippen LogP contribution in [0.4, 0.5) is 0 Å². The summed E-state index contributed by atoms with van der Waals surface area (Å²) in [6.45, 7) is 2.82. The van der Waals surface area contributed by atoms with E-state index >= 15 is 0 Å². The monoisotopic (exact) mass is 226 g/mol. The molecule has 0 saturated heterocycles. The van der Waals surface area contributed by atoms with E-state index in [1.54, 1.807) is 0 Å². The van der Waals surface area contributed by atoms with Crippen molar-refractivity contribution in [2.75, 3.05) is 13.7 Å². The lowest BCUT2D eigenvalue weighted by molar-refractivity contribution is -0.141. The molecule has 0 amide bonds. The second-order valence-corrected chi connectivity index (χ2v) is 3.67. The number of hydrogen-bond acceptors (Lipinski definition) is 4. The van der Waals surface area contributed by atoms with Crippen LogP contribution in [0, 0.1) is 0 Å². The number of aliphatic hydroxyl groups is 1.